The molecule has 1 aromatic carbocycles. The number of nitrogens with zero attached hydrogens (tertiary/aromatic N) is 2. The lowest BCUT2D eigenvalue weighted by molar-refractivity contribution is 0.617. The number of fused-ring (bicyclic) bond motifs is 1. The van der Waals surface area contributed by atoms with E-state index in [-0.39, 0.29) is 0 Å². The predicted molar refractivity (Wildman–Crippen MR) is 62.8 cm³/mol. The Labute approximate surface area is 89.4 Å². The maximum Gasteiger partial charge on any atom is 0.0960 e. The average Bonchev–Trinajstić information content (AvgIpc) is 2.59. The van der Waals surface area contributed by atoms with Gasteiger partial charge in [0.1, 0.15) is 0 Å². The second-order valence-corrected chi connectivity index (χ2v) is 4.04. The van der Waals surface area contributed by atoms with Crippen LogP contribution in [0.5, 0.6) is 0 Å². The van der Waals surface area contributed by atoms with E-state index >= 15 is 0 Å². The Hall–Kier alpha value is -0.960. The number of rotatable bonds is 2. The van der Waals surface area contributed by atoms with E-state index in [1.807, 2.05) is 6.33 Å². The van der Waals surface area contributed by atoms with Crippen LogP contribution in [0.1, 0.15) is 25.5 Å². The number of hydrogen-bond donors (Lipinski definition) is 1. The normalized spacial score (nSPS) is 11.4. The van der Waals surface area contributed by atoms with Crippen LogP contribution in [-0.4, -0.2) is 9.55 Å². The summed E-state index contributed by atoms with van der Waals surface area (Å²) in [6.45, 7) is 4.32. The van der Waals surface area contributed by atoms with Crippen LogP contribution in [0.3, 0.4) is 0 Å². The van der Waals surface area contributed by atoms with Gasteiger partial charge in [-0.15, -0.1) is 0 Å². The third-order valence-electron chi connectivity index (χ3n) is 2.38. The minimum Gasteiger partial charge on any atom is -0.328 e. The molecular weight excluding hydrogens is 192 g/mol. The molecule has 0 bridgehead atoms. The molecule has 1 heterocycles. The Morgan fingerprint density at radius 3 is 2.86 bits per heavy atom. The van der Waals surface area contributed by atoms with Crippen molar-refractivity contribution >= 4 is 23.7 Å². The lowest BCUT2D eigenvalue weighted by Gasteiger charge is -2.07. The highest BCUT2D eigenvalue weighted by Gasteiger charge is 2.05. The Balaban J connectivity index is 2.59. The van der Waals surface area contributed by atoms with Crippen molar-refractivity contribution < 1.29 is 0 Å². The Bertz CT molecular complexity index is 445. The number of imidazole rings is 1. The van der Waals surface area contributed by atoms with E-state index in [1.54, 1.807) is 0 Å². The Morgan fingerprint density at radius 2 is 2.21 bits per heavy atom. The van der Waals surface area contributed by atoms with Crippen LogP contribution in [-0.2, 0) is 5.75 Å². The lowest BCUT2D eigenvalue weighted by Crippen LogP contribution is -1.97. The summed E-state index contributed by atoms with van der Waals surface area (Å²) >= 11 is 4.25. The van der Waals surface area contributed by atoms with E-state index in [0.29, 0.717) is 6.04 Å². The summed E-state index contributed by atoms with van der Waals surface area (Å²) in [5, 5.41) is 0. The van der Waals surface area contributed by atoms with Gasteiger partial charge in [-0.2, -0.15) is 12.6 Å². The first-order valence-electron chi connectivity index (χ1n) is 4.78. The minimum atomic E-state index is 0.460. The molecular formula is C11H14N2S. The molecule has 2 rings (SSSR count). The van der Waals surface area contributed by atoms with Gasteiger partial charge in [-0.05, 0) is 31.5 Å². The molecule has 0 radical (unpaired) electrons. The van der Waals surface area contributed by atoms with E-state index in [2.05, 4.69) is 54.2 Å². The molecule has 0 saturated carbocycles. The smallest absolute Gasteiger partial charge is 0.0960 e. The quantitative estimate of drug-likeness (QED) is 0.748. The molecule has 0 atom stereocenters. The van der Waals surface area contributed by atoms with Gasteiger partial charge >= 0.3 is 0 Å². The highest BCUT2D eigenvalue weighted by atomic mass is 32.1. The molecule has 0 spiro atoms. The zero-order valence-corrected chi connectivity index (χ0v) is 9.33. The van der Waals surface area contributed by atoms with E-state index in [1.165, 1.54) is 11.1 Å². The molecule has 0 N–H and O–H groups in total. The van der Waals surface area contributed by atoms with Gasteiger partial charge in [0.2, 0.25) is 0 Å². The fourth-order valence-electron chi connectivity index (χ4n) is 1.59. The van der Waals surface area contributed by atoms with Crippen LogP contribution in [0.15, 0.2) is 24.5 Å². The Morgan fingerprint density at radius 1 is 1.43 bits per heavy atom. The maximum atomic E-state index is 4.38. The van der Waals surface area contributed by atoms with Crippen molar-refractivity contribution in [3.05, 3.63) is 30.1 Å². The van der Waals surface area contributed by atoms with Crippen LogP contribution in [0.4, 0.5) is 0 Å². The predicted octanol–water partition coefficient (Wildman–Crippen LogP) is 3.05. The molecule has 0 fully saturated rings. The summed E-state index contributed by atoms with van der Waals surface area (Å²) in [7, 11) is 0. The molecule has 0 unspecified atom stereocenters. The first-order valence-corrected chi connectivity index (χ1v) is 5.42. The molecule has 1 aromatic heterocycles. The highest BCUT2D eigenvalue weighted by Crippen LogP contribution is 2.19. The fraction of sp³-hybridized carbons (Fsp3) is 0.364. The van der Waals surface area contributed by atoms with E-state index in [4.69, 9.17) is 0 Å². The van der Waals surface area contributed by atoms with E-state index < -0.39 is 0 Å². The fourth-order valence-corrected chi connectivity index (χ4v) is 1.78. The van der Waals surface area contributed by atoms with Crippen LogP contribution in [0.2, 0.25) is 0 Å². The van der Waals surface area contributed by atoms with E-state index in [9.17, 15) is 0 Å². The standard InChI is InChI=1S/C11H14N2S/c1-8(2)13-7-12-10-5-9(6-14)3-4-11(10)13/h3-5,7-8,14H,6H2,1-2H3. The second kappa shape index (κ2) is 3.65. The van der Waals surface area contributed by atoms with Gasteiger partial charge in [0, 0.05) is 11.8 Å². The molecule has 14 heavy (non-hydrogen) atoms. The zero-order valence-electron chi connectivity index (χ0n) is 8.44. The number of aromatic nitrogens is 2. The molecule has 2 aromatic rings. The van der Waals surface area contributed by atoms with Gasteiger partial charge in [-0.25, -0.2) is 4.98 Å². The van der Waals surface area contributed by atoms with Gasteiger partial charge in [0.25, 0.3) is 0 Å². The monoisotopic (exact) mass is 206 g/mol. The maximum absolute atomic E-state index is 4.38. The summed E-state index contributed by atoms with van der Waals surface area (Å²) in [5.41, 5.74) is 3.48. The minimum absolute atomic E-state index is 0.460. The molecule has 0 aliphatic heterocycles. The van der Waals surface area contributed by atoms with Crippen LogP contribution in [0, 0.1) is 0 Å². The topological polar surface area (TPSA) is 17.8 Å². The van der Waals surface area contributed by atoms with Crippen LogP contribution >= 0.6 is 12.6 Å². The molecule has 0 amide bonds. The van der Waals surface area contributed by atoms with Crippen molar-refractivity contribution in [2.45, 2.75) is 25.6 Å². The van der Waals surface area contributed by atoms with Crippen molar-refractivity contribution in [2.75, 3.05) is 0 Å². The average molecular weight is 206 g/mol. The second-order valence-electron chi connectivity index (χ2n) is 3.73. The lowest BCUT2D eigenvalue weighted by atomic mass is 10.2. The van der Waals surface area contributed by atoms with Crippen molar-refractivity contribution in [3.8, 4) is 0 Å². The van der Waals surface area contributed by atoms with Crippen LogP contribution < -0.4 is 0 Å². The summed E-state index contributed by atoms with van der Waals surface area (Å²) in [6.07, 6.45) is 1.90. The highest BCUT2D eigenvalue weighted by molar-refractivity contribution is 7.79. The van der Waals surface area contributed by atoms with Gasteiger partial charge in [-0.1, -0.05) is 6.07 Å². The number of hydrogen-bond acceptors (Lipinski definition) is 2. The SMILES string of the molecule is CC(C)n1cnc2cc(CS)ccc21. The molecule has 0 saturated heterocycles. The molecule has 0 aliphatic rings. The molecule has 74 valence electrons. The summed E-state index contributed by atoms with van der Waals surface area (Å²) in [5.74, 6) is 0.768. The van der Waals surface area contributed by atoms with E-state index in [0.717, 1.165) is 11.3 Å². The third kappa shape index (κ3) is 1.52. The van der Waals surface area contributed by atoms with Gasteiger partial charge in [0.15, 0.2) is 0 Å². The number of thiol groups is 1. The Kier molecular flexibility index (Phi) is 2.50. The van der Waals surface area contributed by atoms with Gasteiger partial charge in [-0.3, -0.25) is 0 Å². The molecule has 3 heteroatoms. The van der Waals surface area contributed by atoms with Gasteiger partial charge in [0.05, 0.1) is 17.4 Å². The van der Waals surface area contributed by atoms with Crippen molar-refractivity contribution in [1.82, 2.24) is 9.55 Å². The van der Waals surface area contributed by atoms with Gasteiger partial charge < -0.3 is 4.57 Å². The van der Waals surface area contributed by atoms with Crippen molar-refractivity contribution in [2.24, 2.45) is 0 Å². The largest absolute Gasteiger partial charge is 0.328 e. The summed E-state index contributed by atoms with van der Waals surface area (Å²) in [4.78, 5) is 4.38. The van der Waals surface area contributed by atoms with Crippen molar-refractivity contribution in [1.29, 1.82) is 0 Å². The number of benzene rings is 1. The van der Waals surface area contributed by atoms with Crippen LogP contribution in [0.25, 0.3) is 11.0 Å². The first-order chi connectivity index (χ1) is 6.72. The summed E-state index contributed by atoms with van der Waals surface area (Å²) in [6, 6.07) is 6.78. The first kappa shape index (κ1) is 9.59. The molecule has 0 aliphatic carbocycles. The third-order valence-corrected chi connectivity index (χ3v) is 2.74. The van der Waals surface area contributed by atoms with Crippen molar-refractivity contribution in [3.63, 3.8) is 0 Å². The molecule has 2 nitrogen and oxygen atoms in total. The summed E-state index contributed by atoms with van der Waals surface area (Å²) < 4.78 is 2.18. The zero-order chi connectivity index (χ0) is 10.1.